The van der Waals surface area contributed by atoms with Crippen LogP contribution in [0.15, 0.2) is 39.9 Å². The summed E-state index contributed by atoms with van der Waals surface area (Å²) in [5.74, 6) is 0.592. The van der Waals surface area contributed by atoms with E-state index in [1.54, 1.807) is 0 Å². The summed E-state index contributed by atoms with van der Waals surface area (Å²) in [6, 6.07) is 5.62. The van der Waals surface area contributed by atoms with Gasteiger partial charge in [-0.2, -0.15) is 0 Å². The molecule has 1 heterocycles. The predicted molar refractivity (Wildman–Crippen MR) is 93.0 cm³/mol. The number of rotatable bonds is 4. The van der Waals surface area contributed by atoms with Crippen LogP contribution in [-0.4, -0.2) is 22.5 Å². The molecule has 1 aliphatic carbocycles. The van der Waals surface area contributed by atoms with E-state index in [-0.39, 0.29) is 22.7 Å². The van der Waals surface area contributed by atoms with Gasteiger partial charge in [-0.3, -0.25) is 4.79 Å². The number of aliphatic hydroxyl groups is 1. The molecule has 126 valence electrons. The molecule has 1 aliphatic rings. The molecule has 0 saturated carbocycles. The van der Waals surface area contributed by atoms with Crippen molar-refractivity contribution in [3.8, 4) is 5.75 Å². The van der Waals surface area contributed by atoms with Crippen LogP contribution in [0, 0.1) is 5.41 Å². The summed E-state index contributed by atoms with van der Waals surface area (Å²) in [6.07, 6.45) is 0.771. The van der Waals surface area contributed by atoms with Gasteiger partial charge in [0.2, 0.25) is 5.13 Å². The molecule has 1 N–H and O–H groups in total. The van der Waals surface area contributed by atoms with Gasteiger partial charge in [-0.15, -0.1) is 10.2 Å². The highest BCUT2D eigenvalue weighted by Gasteiger charge is 2.33. The van der Waals surface area contributed by atoms with Gasteiger partial charge in [0.15, 0.2) is 11.5 Å². The maximum absolute atomic E-state index is 12.1. The number of hydrogen-bond donors (Lipinski definition) is 1. The Morgan fingerprint density at radius 2 is 2.12 bits per heavy atom. The zero-order valence-electron chi connectivity index (χ0n) is 13.9. The molecule has 0 atom stereocenters. The summed E-state index contributed by atoms with van der Waals surface area (Å²) in [7, 11) is 0. The third kappa shape index (κ3) is 3.46. The number of aliphatic hydroxyl groups excluding tert-OH is 1. The third-order valence-electron chi connectivity index (χ3n) is 3.72. The van der Waals surface area contributed by atoms with Crippen molar-refractivity contribution in [3.05, 3.63) is 29.7 Å². The summed E-state index contributed by atoms with van der Waals surface area (Å²) in [4.78, 5) is 16.5. The molecule has 3 rings (SSSR count). The average molecular weight is 345 g/mol. The van der Waals surface area contributed by atoms with Gasteiger partial charge in [0.05, 0.1) is 16.8 Å². The van der Waals surface area contributed by atoms with Crippen molar-refractivity contribution < 1.29 is 14.6 Å². The van der Waals surface area contributed by atoms with Crippen molar-refractivity contribution in [2.24, 2.45) is 15.6 Å². The summed E-state index contributed by atoms with van der Waals surface area (Å²) in [6.45, 7) is 6.42. The zero-order valence-corrected chi connectivity index (χ0v) is 14.7. The Kier molecular flexibility index (Phi) is 4.36. The van der Waals surface area contributed by atoms with Gasteiger partial charge in [-0.25, -0.2) is 4.98 Å². The van der Waals surface area contributed by atoms with E-state index < -0.39 is 0 Å². The molecule has 24 heavy (non-hydrogen) atoms. The predicted octanol–water partition coefficient (Wildman–Crippen LogP) is 4.94. The fourth-order valence-corrected chi connectivity index (χ4v) is 3.49. The van der Waals surface area contributed by atoms with E-state index in [2.05, 4.69) is 15.2 Å². The Balaban J connectivity index is 1.86. The largest absolute Gasteiger partial charge is 0.510 e. The average Bonchev–Trinajstić information content (AvgIpc) is 2.87. The van der Waals surface area contributed by atoms with Crippen LogP contribution in [0.1, 0.15) is 33.6 Å². The molecule has 0 fully saturated rings. The number of benzene rings is 1. The number of Topliss-reactive ketones (excluding diaryl/α,β-unsaturated/α-hetero) is 1. The second-order valence-electron chi connectivity index (χ2n) is 6.50. The van der Waals surface area contributed by atoms with Gasteiger partial charge < -0.3 is 9.84 Å². The number of thiazole rings is 1. The summed E-state index contributed by atoms with van der Waals surface area (Å²) < 4.78 is 6.40. The standard InChI is InChI=1S/C17H19N3O3S/c1-4-23-10-5-6-11-14(7-10)24-16(18-11)20-19-15-12(21)8-17(2,3)9-13(15)22/h5-7,21H,4,8-9H2,1-3H3. The lowest BCUT2D eigenvalue weighted by atomic mass is 9.78. The van der Waals surface area contributed by atoms with Crippen molar-refractivity contribution in [2.75, 3.05) is 6.61 Å². The molecule has 1 aromatic heterocycles. The summed E-state index contributed by atoms with van der Waals surface area (Å²) in [5.41, 5.74) is 0.599. The molecule has 6 nitrogen and oxygen atoms in total. The fourth-order valence-electron chi connectivity index (χ4n) is 2.68. The normalized spacial score (nSPS) is 17.9. The number of carbonyl (C=O) groups excluding carboxylic acids is 1. The van der Waals surface area contributed by atoms with E-state index in [0.29, 0.717) is 24.6 Å². The second kappa shape index (κ2) is 6.32. The summed E-state index contributed by atoms with van der Waals surface area (Å²) >= 11 is 1.36. The second-order valence-corrected chi connectivity index (χ2v) is 7.50. The van der Waals surface area contributed by atoms with Gasteiger partial charge in [0, 0.05) is 12.8 Å². The first-order valence-corrected chi connectivity index (χ1v) is 8.60. The van der Waals surface area contributed by atoms with E-state index in [9.17, 15) is 9.90 Å². The lowest BCUT2D eigenvalue weighted by molar-refractivity contribution is -0.118. The minimum Gasteiger partial charge on any atom is -0.510 e. The highest BCUT2D eigenvalue weighted by Crippen LogP contribution is 2.37. The fraction of sp³-hybridized carbons (Fsp3) is 0.412. The molecule has 0 unspecified atom stereocenters. The molecule has 1 aromatic carbocycles. The molecule has 7 heteroatoms. The molecule has 0 saturated heterocycles. The first-order valence-electron chi connectivity index (χ1n) is 7.78. The van der Waals surface area contributed by atoms with E-state index >= 15 is 0 Å². The number of fused-ring (bicyclic) bond motifs is 1. The highest BCUT2D eigenvalue weighted by molar-refractivity contribution is 7.21. The topological polar surface area (TPSA) is 84.1 Å². The number of aromatic nitrogens is 1. The molecule has 0 radical (unpaired) electrons. The Labute approximate surface area is 143 Å². The first kappa shape index (κ1) is 16.6. The van der Waals surface area contributed by atoms with Gasteiger partial charge in [0.25, 0.3) is 0 Å². The molecule has 0 aliphatic heterocycles. The number of ether oxygens (including phenoxy) is 1. The molecule has 0 bridgehead atoms. The van der Waals surface area contributed by atoms with Crippen molar-refractivity contribution in [2.45, 2.75) is 33.6 Å². The van der Waals surface area contributed by atoms with Gasteiger partial charge >= 0.3 is 0 Å². The quantitative estimate of drug-likeness (QED) is 0.796. The van der Waals surface area contributed by atoms with Crippen LogP contribution >= 0.6 is 11.3 Å². The van der Waals surface area contributed by atoms with Crippen LogP contribution in [0.4, 0.5) is 5.13 Å². The van der Waals surface area contributed by atoms with E-state index in [1.807, 2.05) is 39.0 Å². The molecular weight excluding hydrogens is 326 g/mol. The van der Waals surface area contributed by atoms with Crippen molar-refractivity contribution in [1.82, 2.24) is 4.98 Å². The van der Waals surface area contributed by atoms with Crippen LogP contribution in [0.3, 0.4) is 0 Å². The lowest BCUT2D eigenvalue weighted by Crippen LogP contribution is -2.25. The van der Waals surface area contributed by atoms with Crippen LogP contribution in [0.25, 0.3) is 10.2 Å². The number of azo groups is 1. The minimum absolute atomic E-state index is 0.000238. The summed E-state index contributed by atoms with van der Waals surface area (Å²) in [5, 5.41) is 18.5. The zero-order chi connectivity index (χ0) is 17.3. The molecule has 2 aromatic rings. The molecular formula is C17H19N3O3S. The van der Waals surface area contributed by atoms with E-state index in [0.717, 1.165) is 16.0 Å². The number of carbonyl (C=O) groups is 1. The molecule has 0 amide bonds. The van der Waals surface area contributed by atoms with E-state index in [1.165, 1.54) is 11.3 Å². The minimum atomic E-state index is -0.244. The smallest absolute Gasteiger partial charge is 0.231 e. The highest BCUT2D eigenvalue weighted by atomic mass is 32.1. The maximum atomic E-state index is 12.1. The van der Waals surface area contributed by atoms with Crippen LogP contribution in [0.5, 0.6) is 5.75 Å². The Morgan fingerprint density at radius 3 is 2.83 bits per heavy atom. The Morgan fingerprint density at radius 1 is 1.33 bits per heavy atom. The number of ketones is 1. The van der Waals surface area contributed by atoms with E-state index in [4.69, 9.17) is 4.74 Å². The third-order valence-corrected chi connectivity index (χ3v) is 4.62. The monoisotopic (exact) mass is 345 g/mol. The number of hydrogen-bond acceptors (Lipinski definition) is 7. The van der Waals surface area contributed by atoms with Gasteiger partial charge in [-0.05, 0) is 30.5 Å². The van der Waals surface area contributed by atoms with Crippen LogP contribution in [0.2, 0.25) is 0 Å². The van der Waals surface area contributed by atoms with Crippen molar-refractivity contribution in [3.63, 3.8) is 0 Å². The van der Waals surface area contributed by atoms with Gasteiger partial charge in [-0.1, -0.05) is 25.2 Å². The van der Waals surface area contributed by atoms with Crippen LogP contribution < -0.4 is 4.74 Å². The van der Waals surface area contributed by atoms with Crippen LogP contribution in [-0.2, 0) is 4.79 Å². The van der Waals surface area contributed by atoms with Crippen molar-refractivity contribution >= 4 is 32.5 Å². The Hall–Kier alpha value is -2.28. The SMILES string of the molecule is CCOc1ccc2nc(N=NC3=C(O)CC(C)(C)CC3=O)sc2c1. The number of allylic oxidation sites excluding steroid dienone is 2. The van der Waals surface area contributed by atoms with Crippen molar-refractivity contribution in [1.29, 1.82) is 0 Å². The lowest BCUT2D eigenvalue weighted by Gasteiger charge is -2.27. The first-order chi connectivity index (χ1) is 11.4. The maximum Gasteiger partial charge on any atom is 0.231 e. The van der Waals surface area contributed by atoms with Gasteiger partial charge in [0.1, 0.15) is 11.5 Å². The number of nitrogens with zero attached hydrogens (tertiary/aromatic N) is 3. The molecule has 0 spiro atoms. The Bertz CT molecular complexity index is 852.